The molecule has 1 unspecified atom stereocenters. The van der Waals surface area contributed by atoms with Crippen molar-refractivity contribution < 1.29 is 32.8 Å². The van der Waals surface area contributed by atoms with Crippen LogP contribution in [0.4, 0.5) is 0 Å². The zero-order valence-corrected chi connectivity index (χ0v) is 13.7. The molecule has 8 heteroatoms. The Hall–Kier alpha value is -1.56. The van der Waals surface area contributed by atoms with E-state index in [1.54, 1.807) is 0 Å². The highest BCUT2D eigenvalue weighted by Crippen LogP contribution is 2.44. The summed E-state index contributed by atoms with van der Waals surface area (Å²) >= 11 is 0. The van der Waals surface area contributed by atoms with E-state index >= 15 is 0 Å². The lowest BCUT2D eigenvalue weighted by molar-refractivity contribution is -0.133. The van der Waals surface area contributed by atoms with Gasteiger partial charge in [-0.15, -0.1) is 0 Å². The molecule has 128 valence electrons. The van der Waals surface area contributed by atoms with Gasteiger partial charge in [-0.25, -0.2) is 9.36 Å². The summed E-state index contributed by atoms with van der Waals surface area (Å²) in [5.41, 5.74) is 0. The van der Waals surface area contributed by atoms with Crippen LogP contribution in [0.25, 0.3) is 0 Å². The number of rotatable bonds is 9. The molecule has 0 aromatic rings. The fourth-order valence-corrected chi connectivity index (χ4v) is 2.92. The summed E-state index contributed by atoms with van der Waals surface area (Å²) in [7, 11) is -4.53. The molecule has 2 aliphatic carbocycles. The highest BCUT2D eigenvalue weighted by molar-refractivity contribution is 7.48. The molecule has 1 N–H and O–H groups in total. The van der Waals surface area contributed by atoms with Crippen LogP contribution >= 0.6 is 7.82 Å². The summed E-state index contributed by atoms with van der Waals surface area (Å²) in [4.78, 5) is 20.5. The largest absolute Gasteiger partial charge is 0.530 e. The van der Waals surface area contributed by atoms with Gasteiger partial charge in [-0.05, 0) is 37.8 Å². The Morgan fingerprint density at radius 3 is 2.26 bits per heavy atom. The van der Waals surface area contributed by atoms with Crippen LogP contribution in [0, 0.1) is 0 Å². The Morgan fingerprint density at radius 1 is 1.26 bits per heavy atom. The van der Waals surface area contributed by atoms with Crippen LogP contribution in [-0.2, 0) is 27.9 Å². The maximum atomic E-state index is 11.7. The van der Waals surface area contributed by atoms with Gasteiger partial charge in [-0.1, -0.05) is 6.58 Å². The van der Waals surface area contributed by atoms with E-state index in [1.807, 2.05) is 12.2 Å². The Morgan fingerprint density at radius 2 is 1.83 bits per heavy atom. The van der Waals surface area contributed by atoms with Crippen molar-refractivity contribution >= 4 is 13.8 Å². The number of ether oxygens (including phenoxy) is 2. The minimum absolute atomic E-state index is 0.340. The fraction of sp³-hybridized carbons (Fsp3) is 0.533. The summed E-state index contributed by atoms with van der Waals surface area (Å²) in [6.45, 7) is 2.81. The average molecular weight is 344 g/mol. The molecular formula is C15H21O7P. The zero-order valence-electron chi connectivity index (χ0n) is 12.8. The Labute approximate surface area is 135 Å². The van der Waals surface area contributed by atoms with Crippen LogP contribution < -0.4 is 0 Å². The number of hydrogen-bond donors (Lipinski definition) is 1. The van der Waals surface area contributed by atoms with Crippen molar-refractivity contribution in [1.82, 2.24) is 0 Å². The molecule has 0 amide bonds. The standard InChI is InChI=1S/C15H21O7P/c1-2-14(16)22-23(17,18)19-11-15(20-12-7-3-4-8-12)21-13-9-5-6-10-13/h2,7,9,15H,1,3-6,8,10-11H2,(H,17,18). The highest BCUT2D eigenvalue weighted by Gasteiger charge is 2.29. The smallest absolute Gasteiger partial charge is 0.457 e. The Kier molecular flexibility index (Phi) is 6.45. The lowest BCUT2D eigenvalue weighted by Crippen LogP contribution is -2.22. The van der Waals surface area contributed by atoms with E-state index in [0.29, 0.717) is 0 Å². The molecule has 0 spiro atoms. The number of hydrogen-bond acceptors (Lipinski definition) is 6. The SMILES string of the molecule is C=CC(=O)OP(=O)(O)OCC(OC1=CCCC1)OC1=CCCC1. The first-order valence-electron chi connectivity index (χ1n) is 7.53. The molecule has 23 heavy (non-hydrogen) atoms. The molecule has 0 aromatic heterocycles. The van der Waals surface area contributed by atoms with Crippen molar-refractivity contribution in [3.8, 4) is 0 Å². The van der Waals surface area contributed by atoms with E-state index in [9.17, 15) is 14.3 Å². The van der Waals surface area contributed by atoms with Gasteiger partial charge in [0.25, 0.3) is 6.29 Å². The second kappa shape index (κ2) is 8.34. The number of carbonyl (C=O) groups is 1. The molecule has 2 aliphatic rings. The van der Waals surface area contributed by atoms with Crippen molar-refractivity contribution in [3.63, 3.8) is 0 Å². The topological polar surface area (TPSA) is 91.3 Å². The van der Waals surface area contributed by atoms with Crippen LogP contribution in [0.5, 0.6) is 0 Å². The molecule has 0 fully saturated rings. The van der Waals surface area contributed by atoms with Gasteiger partial charge >= 0.3 is 13.8 Å². The Bertz CT molecular complexity index is 526. The molecule has 7 nitrogen and oxygen atoms in total. The van der Waals surface area contributed by atoms with Gasteiger partial charge in [0.2, 0.25) is 0 Å². The van der Waals surface area contributed by atoms with Crippen LogP contribution in [0.2, 0.25) is 0 Å². The molecule has 2 rings (SSSR count). The van der Waals surface area contributed by atoms with Gasteiger partial charge in [0.05, 0.1) is 11.5 Å². The minimum Gasteiger partial charge on any atom is -0.457 e. The van der Waals surface area contributed by atoms with Gasteiger partial charge < -0.3 is 14.0 Å². The maximum Gasteiger partial charge on any atom is 0.530 e. The van der Waals surface area contributed by atoms with Crippen LogP contribution in [-0.4, -0.2) is 23.8 Å². The monoisotopic (exact) mass is 344 g/mol. The average Bonchev–Trinajstić information content (AvgIpc) is 3.18. The number of phosphoric ester groups is 1. The van der Waals surface area contributed by atoms with E-state index in [0.717, 1.165) is 56.1 Å². The van der Waals surface area contributed by atoms with Crippen molar-refractivity contribution in [1.29, 1.82) is 0 Å². The molecule has 0 bridgehead atoms. The summed E-state index contributed by atoms with van der Waals surface area (Å²) in [5.74, 6) is 0.507. The van der Waals surface area contributed by atoms with Gasteiger partial charge in [-0.3, -0.25) is 9.42 Å². The first-order valence-corrected chi connectivity index (χ1v) is 9.03. The summed E-state index contributed by atoms with van der Waals surface area (Å²) < 4.78 is 32.1. The second-order valence-electron chi connectivity index (χ2n) is 5.17. The van der Waals surface area contributed by atoms with E-state index < -0.39 is 20.1 Å². The third-order valence-corrected chi connectivity index (χ3v) is 4.20. The molecule has 0 radical (unpaired) electrons. The molecule has 0 heterocycles. The number of allylic oxidation sites excluding steroid dienone is 4. The first kappa shape index (κ1) is 17.8. The first-order chi connectivity index (χ1) is 11.0. The van der Waals surface area contributed by atoms with E-state index in [4.69, 9.17) is 14.0 Å². The summed E-state index contributed by atoms with van der Waals surface area (Å²) in [6, 6.07) is 0. The number of phosphoric acid groups is 1. The fourth-order valence-electron chi connectivity index (χ4n) is 2.26. The normalized spacial score (nSPS) is 19.7. The molecular weight excluding hydrogens is 323 g/mol. The number of carbonyl (C=O) groups excluding carboxylic acids is 1. The zero-order chi connectivity index (χ0) is 16.7. The molecule has 0 aromatic carbocycles. The predicted octanol–water partition coefficient (Wildman–Crippen LogP) is 3.33. The third kappa shape index (κ3) is 6.22. The van der Waals surface area contributed by atoms with Crippen molar-refractivity contribution in [2.75, 3.05) is 6.61 Å². The van der Waals surface area contributed by atoms with Gasteiger partial charge in [0, 0.05) is 18.9 Å². The molecule has 0 saturated heterocycles. The molecule has 0 saturated carbocycles. The highest BCUT2D eigenvalue weighted by atomic mass is 31.2. The lowest BCUT2D eigenvalue weighted by atomic mass is 10.3. The predicted molar refractivity (Wildman–Crippen MR) is 81.9 cm³/mol. The van der Waals surface area contributed by atoms with Crippen molar-refractivity contribution in [2.24, 2.45) is 0 Å². The van der Waals surface area contributed by atoms with Crippen LogP contribution in [0.15, 0.2) is 36.3 Å². The van der Waals surface area contributed by atoms with E-state index in [1.165, 1.54) is 0 Å². The third-order valence-electron chi connectivity index (χ3n) is 3.31. The lowest BCUT2D eigenvalue weighted by Gasteiger charge is -2.22. The van der Waals surface area contributed by atoms with Crippen molar-refractivity contribution in [2.45, 2.75) is 44.8 Å². The van der Waals surface area contributed by atoms with Crippen LogP contribution in [0.1, 0.15) is 38.5 Å². The summed E-state index contributed by atoms with van der Waals surface area (Å²) in [6.07, 6.45) is 9.27. The minimum atomic E-state index is -4.53. The van der Waals surface area contributed by atoms with E-state index in [-0.39, 0.29) is 6.61 Å². The van der Waals surface area contributed by atoms with Gasteiger partial charge in [0.15, 0.2) is 0 Å². The molecule has 1 atom stereocenters. The molecule has 0 aliphatic heterocycles. The maximum absolute atomic E-state index is 11.7. The van der Waals surface area contributed by atoms with Crippen molar-refractivity contribution in [3.05, 3.63) is 36.3 Å². The van der Waals surface area contributed by atoms with E-state index in [2.05, 4.69) is 11.1 Å². The second-order valence-corrected chi connectivity index (χ2v) is 6.55. The van der Waals surface area contributed by atoms with Gasteiger partial charge in [-0.2, -0.15) is 0 Å². The van der Waals surface area contributed by atoms with Gasteiger partial charge in [0.1, 0.15) is 6.61 Å². The quantitative estimate of drug-likeness (QED) is 0.390. The Balaban J connectivity index is 1.91. The van der Waals surface area contributed by atoms with Crippen LogP contribution in [0.3, 0.4) is 0 Å². The summed E-state index contributed by atoms with van der Waals surface area (Å²) in [5, 5.41) is 0.